The van der Waals surface area contributed by atoms with E-state index in [1.807, 2.05) is 34.6 Å². The Kier molecular flexibility index (Phi) is 4.32. The molecule has 0 radical (unpaired) electrons. The number of aromatic nitrogens is 2. The molecule has 0 aliphatic carbocycles. The van der Waals surface area contributed by atoms with E-state index >= 15 is 0 Å². The molecule has 7 heteroatoms. The Hall–Kier alpha value is -1.63. The molecule has 3 rings (SSSR count). The molecule has 126 valence electrons. The Morgan fingerprint density at radius 1 is 1.04 bits per heavy atom. The molecule has 0 amide bonds. The third-order valence-electron chi connectivity index (χ3n) is 4.63. The molecule has 2 aromatic rings. The van der Waals surface area contributed by atoms with Crippen LogP contribution in [0.2, 0.25) is 5.02 Å². The maximum Gasteiger partial charge on any atom is 0.496 e. The number of pyridine rings is 2. The average molecular weight is 347 g/mol. The Morgan fingerprint density at radius 3 is 2.29 bits per heavy atom. The van der Waals surface area contributed by atoms with Gasteiger partial charge in [-0.25, -0.2) is 4.98 Å². The van der Waals surface area contributed by atoms with E-state index in [0.29, 0.717) is 16.7 Å². The van der Waals surface area contributed by atoms with Gasteiger partial charge in [0.05, 0.1) is 22.4 Å². The highest BCUT2D eigenvalue weighted by atomic mass is 35.5. The van der Waals surface area contributed by atoms with E-state index in [9.17, 15) is 0 Å². The van der Waals surface area contributed by atoms with Crippen LogP contribution in [-0.4, -0.2) is 28.3 Å². The molecule has 1 fully saturated rings. The monoisotopic (exact) mass is 346 g/mol. The van der Waals surface area contributed by atoms with E-state index in [4.69, 9.17) is 25.6 Å². The zero-order valence-electron chi connectivity index (χ0n) is 14.5. The quantitative estimate of drug-likeness (QED) is 0.796. The van der Waals surface area contributed by atoms with Crippen molar-refractivity contribution in [3.8, 4) is 11.6 Å². The van der Waals surface area contributed by atoms with Gasteiger partial charge < -0.3 is 14.0 Å². The number of hydrogen-bond acceptors (Lipinski definition) is 5. The zero-order valence-corrected chi connectivity index (χ0v) is 15.2. The second-order valence-corrected chi connectivity index (χ2v) is 7.29. The molecule has 0 atom stereocenters. The van der Waals surface area contributed by atoms with Gasteiger partial charge in [0.25, 0.3) is 0 Å². The molecule has 1 aliphatic heterocycles. The third kappa shape index (κ3) is 3.14. The maximum atomic E-state index is 6.10. The summed E-state index contributed by atoms with van der Waals surface area (Å²) >= 11 is 5.85. The summed E-state index contributed by atoms with van der Waals surface area (Å²) in [5.74, 6) is 1.06. The van der Waals surface area contributed by atoms with E-state index < -0.39 is 18.3 Å². The highest BCUT2D eigenvalue weighted by Crippen LogP contribution is 2.37. The van der Waals surface area contributed by atoms with Gasteiger partial charge in [0.2, 0.25) is 5.88 Å². The van der Waals surface area contributed by atoms with E-state index in [1.54, 1.807) is 24.5 Å². The minimum atomic E-state index is -0.482. The first-order chi connectivity index (χ1) is 11.2. The molecule has 1 saturated heterocycles. The van der Waals surface area contributed by atoms with Crippen molar-refractivity contribution in [3.63, 3.8) is 0 Å². The molecule has 3 heterocycles. The first-order valence-corrected chi connectivity index (χ1v) is 8.17. The van der Waals surface area contributed by atoms with Gasteiger partial charge in [0, 0.05) is 23.9 Å². The van der Waals surface area contributed by atoms with E-state index in [0.717, 1.165) is 11.0 Å². The number of nitrogens with zero attached hydrogens (tertiary/aromatic N) is 2. The molecular formula is C17H20BClN2O3. The number of ether oxygens (including phenoxy) is 1. The fraction of sp³-hybridized carbons (Fsp3) is 0.412. The lowest BCUT2D eigenvalue weighted by atomic mass is 9.77. The van der Waals surface area contributed by atoms with Crippen LogP contribution in [0.4, 0.5) is 0 Å². The summed E-state index contributed by atoms with van der Waals surface area (Å²) in [5, 5.41) is 0.558. The van der Waals surface area contributed by atoms with Crippen LogP contribution in [0.3, 0.4) is 0 Å². The molecule has 0 spiro atoms. The largest absolute Gasteiger partial charge is 0.496 e. The lowest BCUT2D eigenvalue weighted by Crippen LogP contribution is -2.41. The van der Waals surface area contributed by atoms with Gasteiger partial charge in [-0.3, -0.25) is 4.98 Å². The first kappa shape index (κ1) is 17.2. The normalized spacial score (nSPS) is 18.7. The van der Waals surface area contributed by atoms with Gasteiger partial charge in [-0.1, -0.05) is 11.6 Å². The van der Waals surface area contributed by atoms with Crippen LogP contribution in [0, 0.1) is 6.92 Å². The van der Waals surface area contributed by atoms with Crippen LogP contribution < -0.4 is 10.2 Å². The van der Waals surface area contributed by atoms with Crippen LogP contribution >= 0.6 is 11.6 Å². The molecule has 0 bridgehead atoms. The fourth-order valence-corrected chi connectivity index (χ4v) is 2.48. The zero-order chi connectivity index (χ0) is 17.5. The van der Waals surface area contributed by atoms with Crippen molar-refractivity contribution in [2.24, 2.45) is 0 Å². The van der Waals surface area contributed by atoms with Crippen LogP contribution in [0.1, 0.15) is 33.3 Å². The van der Waals surface area contributed by atoms with Gasteiger partial charge in [-0.15, -0.1) is 0 Å². The summed E-state index contributed by atoms with van der Waals surface area (Å²) < 4.78 is 18.0. The molecule has 0 N–H and O–H groups in total. The molecule has 24 heavy (non-hydrogen) atoms. The molecule has 5 nitrogen and oxygen atoms in total. The van der Waals surface area contributed by atoms with E-state index in [1.165, 1.54) is 6.20 Å². The van der Waals surface area contributed by atoms with Crippen molar-refractivity contribution in [2.45, 2.75) is 45.8 Å². The molecule has 2 aromatic heterocycles. The summed E-state index contributed by atoms with van der Waals surface area (Å²) in [5.41, 5.74) is 0.942. The minimum Gasteiger partial charge on any atom is -0.437 e. The maximum absolute atomic E-state index is 6.10. The number of rotatable bonds is 3. The summed E-state index contributed by atoms with van der Waals surface area (Å²) in [4.78, 5) is 8.40. The lowest BCUT2D eigenvalue weighted by molar-refractivity contribution is 0.00578. The van der Waals surface area contributed by atoms with Gasteiger partial charge in [0.15, 0.2) is 0 Å². The Labute approximate surface area is 147 Å². The summed E-state index contributed by atoms with van der Waals surface area (Å²) in [6, 6.07) is 3.44. The predicted octanol–water partition coefficient (Wildman–Crippen LogP) is 3.53. The van der Waals surface area contributed by atoms with Gasteiger partial charge >= 0.3 is 7.12 Å². The standard InChI is InChI=1S/C17H20BClN2O3/c1-11-13(18-23-16(2,3)17(4,5)24-18)9-20-10-14(11)22-15-7-6-12(19)8-21-15/h6-10H,1-5H3. The number of hydrogen-bond donors (Lipinski definition) is 0. The summed E-state index contributed by atoms with van der Waals surface area (Å²) in [7, 11) is -0.482. The van der Waals surface area contributed by atoms with Crippen molar-refractivity contribution >= 4 is 24.2 Å². The second kappa shape index (κ2) is 6.03. The average Bonchev–Trinajstić information content (AvgIpc) is 2.72. The molecule has 1 aliphatic rings. The highest BCUT2D eigenvalue weighted by molar-refractivity contribution is 6.62. The molecular weight excluding hydrogens is 326 g/mol. The molecule has 0 aromatic carbocycles. The van der Waals surface area contributed by atoms with Crippen molar-refractivity contribution in [1.29, 1.82) is 0 Å². The van der Waals surface area contributed by atoms with Crippen molar-refractivity contribution in [2.75, 3.05) is 0 Å². The highest BCUT2D eigenvalue weighted by Gasteiger charge is 2.52. The lowest BCUT2D eigenvalue weighted by Gasteiger charge is -2.32. The van der Waals surface area contributed by atoms with Crippen molar-refractivity contribution < 1.29 is 14.0 Å². The SMILES string of the molecule is Cc1c(Oc2ccc(Cl)cn2)cncc1B1OC(C)(C)C(C)(C)O1. The van der Waals surface area contributed by atoms with Crippen LogP contribution in [0.5, 0.6) is 11.6 Å². The molecule has 0 saturated carbocycles. The third-order valence-corrected chi connectivity index (χ3v) is 4.85. The van der Waals surface area contributed by atoms with Gasteiger partial charge in [-0.05, 0) is 46.2 Å². The Bertz CT molecular complexity index is 734. The smallest absolute Gasteiger partial charge is 0.437 e. The second-order valence-electron chi connectivity index (χ2n) is 6.86. The van der Waals surface area contributed by atoms with Gasteiger partial charge in [-0.2, -0.15) is 0 Å². The van der Waals surface area contributed by atoms with Crippen molar-refractivity contribution in [1.82, 2.24) is 9.97 Å². The van der Waals surface area contributed by atoms with E-state index in [-0.39, 0.29) is 0 Å². The van der Waals surface area contributed by atoms with Crippen LogP contribution in [0.15, 0.2) is 30.7 Å². The van der Waals surface area contributed by atoms with Gasteiger partial charge in [0.1, 0.15) is 5.75 Å². The predicted molar refractivity (Wildman–Crippen MR) is 94.0 cm³/mol. The van der Waals surface area contributed by atoms with E-state index in [2.05, 4.69) is 9.97 Å². The minimum absolute atomic E-state index is 0.404. The Balaban J connectivity index is 1.88. The topological polar surface area (TPSA) is 53.5 Å². The van der Waals surface area contributed by atoms with Crippen LogP contribution in [-0.2, 0) is 9.31 Å². The summed E-state index contributed by atoms with van der Waals surface area (Å²) in [6.07, 6.45) is 4.94. The van der Waals surface area contributed by atoms with Crippen molar-refractivity contribution in [3.05, 3.63) is 41.3 Å². The van der Waals surface area contributed by atoms with Crippen LogP contribution in [0.25, 0.3) is 0 Å². The summed E-state index contributed by atoms with van der Waals surface area (Å²) in [6.45, 7) is 10.0. The molecule has 0 unspecified atom stereocenters. The Morgan fingerprint density at radius 2 is 1.71 bits per heavy atom. The fourth-order valence-electron chi connectivity index (χ4n) is 2.37. The first-order valence-electron chi connectivity index (χ1n) is 7.79. The number of halogens is 1.